The van der Waals surface area contributed by atoms with Gasteiger partial charge in [-0.2, -0.15) is 0 Å². The van der Waals surface area contributed by atoms with Crippen LogP contribution in [0.5, 0.6) is 0 Å². The Bertz CT molecular complexity index is 923. The number of hydrogen-bond donors (Lipinski definition) is 1. The van der Waals surface area contributed by atoms with E-state index in [0.717, 1.165) is 22.8 Å². The van der Waals surface area contributed by atoms with Crippen LogP contribution in [0, 0.1) is 20.8 Å². The van der Waals surface area contributed by atoms with Gasteiger partial charge in [0.15, 0.2) is 0 Å². The molecule has 0 saturated heterocycles. The van der Waals surface area contributed by atoms with E-state index in [9.17, 15) is 4.79 Å². The van der Waals surface area contributed by atoms with Gasteiger partial charge < -0.3 is 14.3 Å². The Balaban J connectivity index is 1.80. The molecule has 2 heterocycles. The van der Waals surface area contributed by atoms with Gasteiger partial charge in [0.1, 0.15) is 5.76 Å². The van der Waals surface area contributed by atoms with E-state index >= 15 is 0 Å². The molecule has 0 aliphatic carbocycles. The number of carbonyl (C=O) groups excluding carboxylic acids is 1. The third-order valence-electron chi connectivity index (χ3n) is 4.89. The number of carbonyl (C=O) groups is 1. The lowest BCUT2D eigenvalue weighted by Crippen LogP contribution is -2.34. The lowest BCUT2D eigenvalue weighted by molar-refractivity contribution is 0.0938. The van der Waals surface area contributed by atoms with E-state index in [1.807, 2.05) is 57.1 Å². The number of aromatic nitrogens is 1. The average molecular weight is 365 g/mol. The average Bonchev–Trinajstić information content (AvgIpc) is 3.23. The summed E-state index contributed by atoms with van der Waals surface area (Å²) in [7, 11) is 3.95. The second kappa shape index (κ2) is 7.84. The summed E-state index contributed by atoms with van der Waals surface area (Å²) < 4.78 is 7.64. The van der Waals surface area contributed by atoms with Crippen LogP contribution in [-0.4, -0.2) is 36.0 Å². The van der Waals surface area contributed by atoms with Gasteiger partial charge in [-0.3, -0.25) is 9.69 Å². The Hall–Kier alpha value is -2.79. The lowest BCUT2D eigenvalue weighted by atomic mass is 10.2. The molecule has 1 aromatic carbocycles. The molecule has 0 spiro atoms. The van der Waals surface area contributed by atoms with E-state index < -0.39 is 0 Å². The number of rotatable bonds is 6. The maximum atomic E-state index is 12.9. The zero-order chi connectivity index (χ0) is 19.6. The molecule has 1 amide bonds. The van der Waals surface area contributed by atoms with Crippen molar-refractivity contribution in [3.8, 4) is 5.69 Å². The summed E-state index contributed by atoms with van der Waals surface area (Å²) >= 11 is 0. The Morgan fingerprint density at radius 2 is 1.93 bits per heavy atom. The number of nitrogens with one attached hydrogen (secondary N) is 1. The van der Waals surface area contributed by atoms with Crippen LogP contribution in [0.4, 0.5) is 0 Å². The zero-order valence-corrected chi connectivity index (χ0v) is 16.6. The normalized spacial score (nSPS) is 12.4. The van der Waals surface area contributed by atoms with E-state index in [2.05, 4.69) is 35.0 Å². The van der Waals surface area contributed by atoms with Crippen LogP contribution < -0.4 is 5.32 Å². The van der Waals surface area contributed by atoms with Gasteiger partial charge in [-0.25, -0.2) is 0 Å². The maximum Gasteiger partial charge on any atom is 0.253 e. The van der Waals surface area contributed by atoms with Gasteiger partial charge in [-0.1, -0.05) is 12.1 Å². The van der Waals surface area contributed by atoms with Gasteiger partial charge in [0.05, 0.1) is 17.9 Å². The van der Waals surface area contributed by atoms with Crippen molar-refractivity contribution in [1.82, 2.24) is 14.8 Å². The van der Waals surface area contributed by atoms with E-state index in [0.29, 0.717) is 12.1 Å². The highest BCUT2D eigenvalue weighted by atomic mass is 16.3. The van der Waals surface area contributed by atoms with Crippen molar-refractivity contribution in [2.75, 3.05) is 20.6 Å². The zero-order valence-electron chi connectivity index (χ0n) is 16.6. The lowest BCUT2D eigenvalue weighted by Gasteiger charge is -2.22. The fourth-order valence-corrected chi connectivity index (χ4v) is 3.46. The molecule has 0 bridgehead atoms. The van der Waals surface area contributed by atoms with E-state index in [4.69, 9.17) is 4.42 Å². The van der Waals surface area contributed by atoms with Crippen molar-refractivity contribution in [1.29, 1.82) is 0 Å². The van der Waals surface area contributed by atoms with Crippen LogP contribution in [0.1, 0.15) is 39.1 Å². The van der Waals surface area contributed by atoms with Gasteiger partial charge in [-0.15, -0.1) is 0 Å². The molecule has 3 aromatic rings. The fraction of sp³-hybridized carbons (Fsp3) is 0.318. The quantitative estimate of drug-likeness (QED) is 0.717. The first-order valence-corrected chi connectivity index (χ1v) is 9.12. The Kier molecular flexibility index (Phi) is 5.51. The molecule has 0 saturated carbocycles. The van der Waals surface area contributed by atoms with E-state index in [1.165, 1.54) is 5.56 Å². The molecule has 0 aliphatic rings. The van der Waals surface area contributed by atoms with Crippen LogP contribution in [0.3, 0.4) is 0 Å². The second-order valence-corrected chi connectivity index (χ2v) is 7.16. The van der Waals surface area contributed by atoms with Crippen molar-refractivity contribution in [3.63, 3.8) is 0 Å². The Morgan fingerprint density at radius 3 is 2.56 bits per heavy atom. The molecule has 142 valence electrons. The summed E-state index contributed by atoms with van der Waals surface area (Å²) in [6.07, 6.45) is 1.66. The van der Waals surface area contributed by atoms with Crippen LogP contribution in [-0.2, 0) is 0 Å². The molecule has 1 unspecified atom stereocenters. The number of furan rings is 1. The molecule has 0 fully saturated rings. The summed E-state index contributed by atoms with van der Waals surface area (Å²) in [5, 5.41) is 3.06. The number of nitrogens with zero attached hydrogens (tertiary/aromatic N) is 2. The molecule has 2 aromatic heterocycles. The Morgan fingerprint density at radius 1 is 1.15 bits per heavy atom. The second-order valence-electron chi connectivity index (χ2n) is 7.16. The van der Waals surface area contributed by atoms with Gasteiger partial charge in [-0.05, 0) is 70.8 Å². The molecule has 1 N–H and O–H groups in total. The topological polar surface area (TPSA) is 50.4 Å². The SMILES string of the molecule is Cc1cccc(-n2c(C)cc(C(=O)NCC(c3ccco3)N(C)C)c2C)c1. The van der Waals surface area contributed by atoms with Gasteiger partial charge in [0, 0.05) is 23.6 Å². The molecule has 27 heavy (non-hydrogen) atoms. The summed E-state index contributed by atoms with van der Waals surface area (Å²) in [5.74, 6) is 0.769. The highest BCUT2D eigenvalue weighted by molar-refractivity contribution is 5.96. The van der Waals surface area contributed by atoms with Gasteiger partial charge in [0.2, 0.25) is 0 Å². The van der Waals surface area contributed by atoms with Crippen molar-refractivity contribution < 1.29 is 9.21 Å². The van der Waals surface area contributed by atoms with E-state index in [1.54, 1.807) is 6.26 Å². The Labute approximate surface area is 160 Å². The number of amides is 1. The number of likely N-dealkylation sites (N-methyl/N-ethyl adjacent to an activating group) is 1. The molecular weight excluding hydrogens is 338 g/mol. The third-order valence-corrected chi connectivity index (χ3v) is 4.89. The number of hydrogen-bond acceptors (Lipinski definition) is 3. The predicted molar refractivity (Wildman–Crippen MR) is 107 cm³/mol. The van der Waals surface area contributed by atoms with Crippen LogP contribution >= 0.6 is 0 Å². The molecule has 5 nitrogen and oxygen atoms in total. The minimum absolute atomic E-state index is 0.00999. The smallest absolute Gasteiger partial charge is 0.253 e. The molecule has 1 atom stereocenters. The standard InChI is InChI=1S/C22H27N3O2/c1-15-8-6-9-18(12-15)25-16(2)13-19(17(25)3)22(26)23-14-20(24(4)5)21-10-7-11-27-21/h6-13,20H,14H2,1-5H3,(H,23,26). The first-order valence-electron chi connectivity index (χ1n) is 9.12. The van der Waals surface area contributed by atoms with Crippen molar-refractivity contribution in [3.05, 3.63) is 77.0 Å². The summed E-state index contributed by atoms with van der Waals surface area (Å²) in [5.41, 5.74) is 4.95. The maximum absolute atomic E-state index is 12.9. The van der Waals surface area contributed by atoms with Crippen LogP contribution in [0.15, 0.2) is 53.1 Å². The van der Waals surface area contributed by atoms with Gasteiger partial charge >= 0.3 is 0 Å². The first-order chi connectivity index (χ1) is 12.9. The summed E-state index contributed by atoms with van der Waals surface area (Å²) in [6, 6.07) is 14.0. The summed E-state index contributed by atoms with van der Waals surface area (Å²) in [4.78, 5) is 14.9. The highest BCUT2D eigenvalue weighted by Gasteiger charge is 2.21. The molecule has 3 rings (SSSR count). The van der Waals surface area contributed by atoms with Crippen LogP contribution in [0.25, 0.3) is 5.69 Å². The van der Waals surface area contributed by atoms with Crippen molar-refractivity contribution in [2.45, 2.75) is 26.8 Å². The predicted octanol–water partition coefficient (Wildman–Crippen LogP) is 4.03. The van der Waals surface area contributed by atoms with E-state index in [-0.39, 0.29) is 11.9 Å². The molecule has 0 aliphatic heterocycles. The summed E-state index contributed by atoms with van der Waals surface area (Å²) in [6.45, 7) is 6.56. The molecule has 0 radical (unpaired) electrons. The van der Waals surface area contributed by atoms with Crippen molar-refractivity contribution >= 4 is 5.91 Å². The van der Waals surface area contributed by atoms with Gasteiger partial charge in [0.25, 0.3) is 5.91 Å². The molecular formula is C22H27N3O2. The fourth-order valence-electron chi connectivity index (χ4n) is 3.46. The number of benzene rings is 1. The largest absolute Gasteiger partial charge is 0.468 e. The minimum Gasteiger partial charge on any atom is -0.468 e. The highest BCUT2D eigenvalue weighted by Crippen LogP contribution is 2.22. The van der Waals surface area contributed by atoms with Crippen LogP contribution in [0.2, 0.25) is 0 Å². The third kappa shape index (κ3) is 3.98. The molecule has 5 heteroatoms. The number of aryl methyl sites for hydroxylation is 2. The van der Waals surface area contributed by atoms with Crippen molar-refractivity contribution in [2.24, 2.45) is 0 Å². The first kappa shape index (κ1) is 19.0. The minimum atomic E-state index is -0.0691. The monoisotopic (exact) mass is 365 g/mol.